The minimum atomic E-state index is 0.0485. The standard InChI is InChI=1S/C27H29BN6O3/c1-33-9-11-34(12-10-33)26(35)25-15-18-14-19(2-3-22(18)31-25)30-27-28-7-4-23(32-27)24-16-20(5-8-29-24)37-21-6-13-36-17-21/h2-5,7-8,14-16,21,31H,6,9-13,17H2,1H3,(H,30,32). The second-order valence-electron chi connectivity index (χ2n) is 9.59. The Labute approximate surface area is 216 Å². The molecule has 2 aliphatic rings. The van der Waals surface area contributed by atoms with E-state index in [0.29, 0.717) is 18.0 Å². The van der Waals surface area contributed by atoms with E-state index in [-0.39, 0.29) is 12.0 Å². The zero-order valence-electron chi connectivity index (χ0n) is 20.8. The number of carbonyl (C=O) groups excluding carboxylic acids is 1. The van der Waals surface area contributed by atoms with E-state index in [9.17, 15) is 4.79 Å². The molecule has 0 bridgehead atoms. The molecule has 1 unspecified atom stereocenters. The minimum absolute atomic E-state index is 0.0485. The Morgan fingerprint density at radius 2 is 2.03 bits per heavy atom. The van der Waals surface area contributed by atoms with E-state index < -0.39 is 0 Å². The number of aromatic amines is 1. The van der Waals surface area contributed by atoms with Crippen molar-refractivity contribution in [2.75, 3.05) is 51.8 Å². The van der Waals surface area contributed by atoms with Crippen molar-refractivity contribution in [1.29, 1.82) is 0 Å². The quantitative estimate of drug-likeness (QED) is 0.423. The molecule has 2 saturated heterocycles. The molecular weight excluding hydrogens is 467 g/mol. The molecule has 3 aromatic heterocycles. The number of anilines is 2. The SMILES string of the molecule is CN1CCN(C(=O)c2cc3cc(Nc4bccc(-c5cc(OC6CCOC6)ccn5)n4)ccc3[nH]2)CC1. The van der Waals surface area contributed by atoms with Crippen molar-refractivity contribution < 1.29 is 14.3 Å². The first-order chi connectivity index (χ1) is 18.1. The van der Waals surface area contributed by atoms with Crippen molar-refractivity contribution in [2.24, 2.45) is 0 Å². The van der Waals surface area contributed by atoms with Gasteiger partial charge in [0.15, 0.2) is 0 Å². The number of fused-ring (bicyclic) bond motifs is 1. The van der Waals surface area contributed by atoms with E-state index in [2.05, 4.69) is 27.2 Å². The van der Waals surface area contributed by atoms with Crippen LogP contribution >= 0.6 is 0 Å². The molecule has 0 aliphatic carbocycles. The maximum absolute atomic E-state index is 13.0. The molecular formula is C27H29BN6O3. The normalized spacial score (nSPS) is 18.2. The number of amides is 1. The Morgan fingerprint density at radius 3 is 2.86 bits per heavy atom. The molecule has 0 spiro atoms. The van der Waals surface area contributed by atoms with Crippen molar-refractivity contribution in [1.82, 2.24) is 24.8 Å². The second-order valence-corrected chi connectivity index (χ2v) is 9.59. The van der Waals surface area contributed by atoms with Gasteiger partial charge < -0.3 is 0 Å². The molecule has 2 fully saturated rings. The van der Waals surface area contributed by atoms with Crippen LogP contribution in [0.3, 0.4) is 0 Å². The molecule has 188 valence electrons. The van der Waals surface area contributed by atoms with Crippen LogP contribution < -0.4 is 10.1 Å². The van der Waals surface area contributed by atoms with Gasteiger partial charge in [-0.3, -0.25) is 0 Å². The van der Waals surface area contributed by atoms with Gasteiger partial charge in [-0.25, -0.2) is 0 Å². The van der Waals surface area contributed by atoms with Crippen LogP contribution in [0, 0.1) is 0 Å². The number of ether oxygens (including phenoxy) is 2. The van der Waals surface area contributed by atoms with Gasteiger partial charge in [0.1, 0.15) is 0 Å². The number of hydrogen-bond donors (Lipinski definition) is 2. The molecule has 6 rings (SSSR count). The van der Waals surface area contributed by atoms with E-state index in [1.54, 1.807) is 6.20 Å². The van der Waals surface area contributed by atoms with Crippen LogP contribution in [0.5, 0.6) is 5.75 Å². The van der Waals surface area contributed by atoms with Gasteiger partial charge >= 0.3 is 209 Å². The Bertz CT molecular complexity index is 1410. The average molecular weight is 496 g/mol. The van der Waals surface area contributed by atoms with E-state index in [1.165, 1.54) is 0 Å². The molecule has 5 heterocycles. The third kappa shape index (κ3) is 5.35. The molecule has 10 heteroatoms. The van der Waals surface area contributed by atoms with Gasteiger partial charge in [-0.15, -0.1) is 0 Å². The summed E-state index contributed by atoms with van der Waals surface area (Å²) in [5.74, 6) is 2.76. The fraction of sp³-hybridized carbons (Fsp3) is 0.333. The van der Waals surface area contributed by atoms with E-state index in [1.807, 2.05) is 60.2 Å². The summed E-state index contributed by atoms with van der Waals surface area (Å²) in [6.07, 6.45) is 2.71. The van der Waals surface area contributed by atoms with Crippen molar-refractivity contribution in [3.63, 3.8) is 0 Å². The predicted molar refractivity (Wildman–Crippen MR) is 144 cm³/mol. The zero-order chi connectivity index (χ0) is 25.2. The molecule has 0 saturated carbocycles. The number of rotatable bonds is 6. The molecule has 1 atom stereocenters. The van der Waals surface area contributed by atoms with Crippen molar-refractivity contribution in [3.05, 3.63) is 60.3 Å². The first-order valence-corrected chi connectivity index (χ1v) is 12.7. The van der Waals surface area contributed by atoms with Gasteiger partial charge in [0.2, 0.25) is 0 Å². The Balaban J connectivity index is 1.17. The Kier molecular flexibility index (Phi) is 6.59. The van der Waals surface area contributed by atoms with Crippen molar-refractivity contribution in [2.45, 2.75) is 12.5 Å². The van der Waals surface area contributed by atoms with Gasteiger partial charge in [0.25, 0.3) is 0 Å². The number of benzene rings is 1. The monoisotopic (exact) mass is 496 g/mol. The molecule has 37 heavy (non-hydrogen) atoms. The summed E-state index contributed by atoms with van der Waals surface area (Å²) in [6, 6.07) is 13.6. The number of nitrogens with one attached hydrogen (secondary N) is 2. The summed E-state index contributed by atoms with van der Waals surface area (Å²) < 4.78 is 11.4. The molecule has 1 amide bonds. The molecule has 9 nitrogen and oxygen atoms in total. The maximum atomic E-state index is 13.0. The van der Waals surface area contributed by atoms with Crippen molar-refractivity contribution >= 4 is 35.1 Å². The van der Waals surface area contributed by atoms with Crippen LogP contribution in [0.2, 0.25) is 0 Å². The number of aromatic nitrogens is 3. The fourth-order valence-electron chi connectivity index (χ4n) is 4.72. The molecule has 2 aliphatic heterocycles. The van der Waals surface area contributed by atoms with Gasteiger partial charge in [-0.05, 0) is 7.05 Å². The average Bonchev–Trinajstić information content (AvgIpc) is 3.59. The summed E-state index contributed by atoms with van der Waals surface area (Å²) in [5.41, 5.74) is 4.64. The summed E-state index contributed by atoms with van der Waals surface area (Å²) in [7, 11) is 2.08. The van der Waals surface area contributed by atoms with E-state index in [4.69, 9.17) is 14.5 Å². The van der Waals surface area contributed by atoms with Crippen LogP contribution in [-0.4, -0.2) is 90.1 Å². The number of pyridine rings is 1. The van der Waals surface area contributed by atoms with Crippen LogP contribution in [0.25, 0.3) is 22.3 Å². The molecule has 4 aromatic rings. The molecule has 1 aromatic carbocycles. The number of likely N-dealkylation sites (N-methyl/N-ethyl adjacent to an activating group) is 1. The number of piperazine rings is 1. The van der Waals surface area contributed by atoms with Crippen LogP contribution in [0.1, 0.15) is 16.9 Å². The second kappa shape index (κ2) is 10.3. The number of H-pyrrole nitrogens is 1. The summed E-state index contributed by atoms with van der Waals surface area (Å²) in [4.78, 5) is 29.7. The molecule has 2 N–H and O–H groups in total. The third-order valence-electron chi connectivity index (χ3n) is 6.85. The van der Waals surface area contributed by atoms with E-state index in [0.717, 1.165) is 72.9 Å². The fourth-order valence-corrected chi connectivity index (χ4v) is 4.72. The van der Waals surface area contributed by atoms with Gasteiger partial charge in [-0.2, -0.15) is 0 Å². The Morgan fingerprint density at radius 1 is 1.14 bits per heavy atom. The van der Waals surface area contributed by atoms with Gasteiger partial charge in [-0.1, -0.05) is 0 Å². The predicted octanol–water partition coefficient (Wildman–Crippen LogP) is 3.26. The molecule has 0 radical (unpaired) electrons. The topological polar surface area (TPSA) is 95.6 Å². The number of carbonyl (C=O) groups is 1. The van der Waals surface area contributed by atoms with E-state index >= 15 is 0 Å². The van der Waals surface area contributed by atoms with Crippen molar-refractivity contribution in [3.8, 4) is 17.1 Å². The Hall–Kier alpha value is -3.76. The number of hydrogen-bond acceptors (Lipinski definition) is 7. The summed E-state index contributed by atoms with van der Waals surface area (Å²) in [6.45, 7) is 6.57. The third-order valence-corrected chi connectivity index (χ3v) is 6.85. The van der Waals surface area contributed by atoms with Crippen LogP contribution in [0.15, 0.2) is 54.6 Å². The number of nitrogens with zero attached hydrogens (tertiary/aromatic N) is 4. The summed E-state index contributed by atoms with van der Waals surface area (Å²) >= 11 is 0. The van der Waals surface area contributed by atoms with Gasteiger partial charge in [0, 0.05) is 0 Å². The van der Waals surface area contributed by atoms with Crippen LogP contribution in [0.4, 0.5) is 11.4 Å². The van der Waals surface area contributed by atoms with Crippen LogP contribution in [-0.2, 0) is 4.74 Å². The zero-order valence-corrected chi connectivity index (χ0v) is 20.8. The first kappa shape index (κ1) is 23.6. The van der Waals surface area contributed by atoms with Gasteiger partial charge in [0.05, 0.1) is 0 Å². The summed E-state index contributed by atoms with van der Waals surface area (Å²) in [5, 5.41) is 4.36. The first-order valence-electron chi connectivity index (χ1n) is 12.7.